The summed E-state index contributed by atoms with van der Waals surface area (Å²) in [5, 5.41) is 3.21. The minimum absolute atomic E-state index is 0.0108. The largest absolute Gasteiger partial charge is 0.348 e. The van der Waals surface area contributed by atoms with E-state index in [9.17, 15) is 4.79 Å². The lowest BCUT2D eigenvalue weighted by molar-refractivity contribution is -0.121. The Morgan fingerprint density at radius 1 is 0.821 bits per heavy atom. The number of carbonyl (C=O) groups excluding carboxylic acids is 1. The summed E-state index contributed by atoms with van der Waals surface area (Å²) in [7, 11) is 0. The maximum atomic E-state index is 12.0. The van der Waals surface area contributed by atoms with E-state index in [-0.39, 0.29) is 24.0 Å². The van der Waals surface area contributed by atoms with Gasteiger partial charge in [-0.1, -0.05) is 91.0 Å². The van der Waals surface area contributed by atoms with Gasteiger partial charge < -0.3 is 5.32 Å². The molecule has 1 aliphatic heterocycles. The van der Waals surface area contributed by atoms with Crippen molar-refractivity contribution in [1.29, 1.82) is 0 Å². The number of hydrogen-bond acceptors (Lipinski definition) is 2. The molecule has 3 heteroatoms. The molecule has 0 aromatic heterocycles. The number of carbonyl (C=O) groups is 1. The predicted octanol–water partition coefficient (Wildman–Crippen LogP) is 4.73. The van der Waals surface area contributed by atoms with Crippen molar-refractivity contribution in [3.05, 3.63) is 108 Å². The zero-order chi connectivity index (χ0) is 19.3. The van der Waals surface area contributed by atoms with Gasteiger partial charge in [-0.25, -0.2) is 0 Å². The van der Waals surface area contributed by atoms with Gasteiger partial charge in [0.05, 0.1) is 12.1 Å². The molecule has 3 aromatic carbocycles. The minimum atomic E-state index is -0.0117. The van der Waals surface area contributed by atoms with Gasteiger partial charge in [0.25, 0.3) is 0 Å². The van der Waals surface area contributed by atoms with E-state index in [1.54, 1.807) is 6.92 Å². The molecule has 0 saturated carbocycles. The molecule has 1 aliphatic rings. The second-order valence-corrected chi connectivity index (χ2v) is 7.41. The first kappa shape index (κ1) is 18.5. The number of nitrogens with zero attached hydrogens (tertiary/aromatic N) is 1. The van der Waals surface area contributed by atoms with Crippen molar-refractivity contribution in [3.63, 3.8) is 0 Å². The van der Waals surface area contributed by atoms with Crippen molar-refractivity contribution in [2.24, 2.45) is 0 Å². The smallest absolute Gasteiger partial charge is 0.217 e. The Hall–Kier alpha value is -2.91. The van der Waals surface area contributed by atoms with Gasteiger partial charge in [0, 0.05) is 19.5 Å². The second-order valence-electron chi connectivity index (χ2n) is 7.41. The summed E-state index contributed by atoms with van der Waals surface area (Å²) in [4.78, 5) is 14.5. The topological polar surface area (TPSA) is 32.3 Å². The van der Waals surface area contributed by atoms with Gasteiger partial charge in [0.1, 0.15) is 0 Å². The monoisotopic (exact) mass is 370 g/mol. The van der Waals surface area contributed by atoms with Crippen LogP contribution in [-0.2, 0) is 4.79 Å². The molecule has 2 unspecified atom stereocenters. The summed E-state index contributed by atoms with van der Waals surface area (Å²) in [6, 6.07) is 32.1. The molecule has 3 aromatic rings. The van der Waals surface area contributed by atoms with Crippen LogP contribution in [0.3, 0.4) is 0 Å². The zero-order valence-electron chi connectivity index (χ0n) is 16.2. The number of likely N-dealkylation sites (tertiary alicyclic amines) is 1. The molecule has 28 heavy (non-hydrogen) atoms. The Balaban J connectivity index is 1.70. The van der Waals surface area contributed by atoms with Gasteiger partial charge in [-0.15, -0.1) is 0 Å². The van der Waals surface area contributed by atoms with Crippen LogP contribution in [0.4, 0.5) is 0 Å². The van der Waals surface area contributed by atoms with Gasteiger partial charge in [0.2, 0.25) is 5.91 Å². The molecule has 1 fully saturated rings. The molecule has 0 radical (unpaired) electrons. The highest BCUT2D eigenvalue weighted by Gasteiger charge is 2.41. The fourth-order valence-corrected chi connectivity index (χ4v) is 4.23. The lowest BCUT2D eigenvalue weighted by atomic mass is 9.85. The quantitative estimate of drug-likeness (QED) is 0.680. The molecule has 3 nitrogen and oxygen atoms in total. The summed E-state index contributed by atoms with van der Waals surface area (Å²) in [6.07, 6.45) is 1.07. The molecular weight excluding hydrogens is 344 g/mol. The molecule has 1 saturated heterocycles. The van der Waals surface area contributed by atoms with Gasteiger partial charge in [-0.05, 0) is 23.1 Å². The third kappa shape index (κ3) is 3.85. The summed E-state index contributed by atoms with van der Waals surface area (Å²) in [5.74, 6) is 0.0108. The van der Waals surface area contributed by atoms with Crippen molar-refractivity contribution in [2.45, 2.75) is 31.5 Å². The molecular formula is C25H26N2O. The van der Waals surface area contributed by atoms with Crippen LogP contribution in [0.2, 0.25) is 0 Å². The minimum Gasteiger partial charge on any atom is -0.348 e. The molecule has 2 atom stereocenters. The normalized spacial score (nSPS) is 17.7. The van der Waals surface area contributed by atoms with Crippen molar-refractivity contribution in [2.75, 3.05) is 6.54 Å². The number of rotatable bonds is 6. The van der Waals surface area contributed by atoms with Crippen LogP contribution < -0.4 is 5.32 Å². The molecule has 1 heterocycles. The van der Waals surface area contributed by atoms with Crippen LogP contribution >= 0.6 is 0 Å². The van der Waals surface area contributed by atoms with E-state index < -0.39 is 0 Å². The van der Waals surface area contributed by atoms with Crippen LogP contribution in [0, 0.1) is 0 Å². The number of nitrogens with one attached hydrogen (secondary N) is 1. The van der Waals surface area contributed by atoms with Gasteiger partial charge >= 0.3 is 0 Å². The highest BCUT2D eigenvalue weighted by molar-refractivity contribution is 5.73. The van der Waals surface area contributed by atoms with E-state index in [0.717, 1.165) is 18.5 Å². The molecule has 1 amide bonds. The average molecular weight is 370 g/mol. The van der Waals surface area contributed by atoms with Crippen LogP contribution in [0.1, 0.15) is 42.1 Å². The van der Waals surface area contributed by atoms with Crippen LogP contribution in [0.15, 0.2) is 91.0 Å². The third-order valence-corrected chi connectivity index (χ3v) is 5.57. The lowest BCUT2D eigenvalue weighted by Gasteiger charge is -2.50. The third-order valence-electron chi connectivity index (χ3n) is 5.57. The van der Waals surface area contributed by atoms with Gasteiger partial charge in [-0.3, -0.25) is 9.69 Å². The Bertz CT molecular complexity index is 856. The Kier molecular flexibility index (Phi) is 5.54. The van der Waals surface area contributed by atoms with E-state index in [0.29, 0.717) is 0 Å². The Morgan fingerprint density at radius 3 is 1.68 bits per heavy atom. The highest BCUT2D eigenvalue weighted by Crippen LogP contribution is 2.40. The SMILES string of the molecule is CC(=O)NC(c1ccccc1)C1CCN1C(c1ccccc1)c1ccccc1. The first-order valence-corrected chi connectivity index (χ1v) is 9.92. The number of benzene rings is 3. The van der Waals surface area contributed by atoms with E-state index in [2.05, 4.69) is 83.0 Å². The first-order valence-electron chi connectivity index (χ1n) is 9.92. The van der Waals surface area contributed by atoms with Crippen LogP contribution in [-0.4, -0.2) is 23.4 Å². The molecule has 4 rings (SSSR count). The maximum Gasteiger partial charge on any atom is 0.217 e. The van der Waals surface area contributed by atoms with Crippen molar-refractivity contribution < 1.29 is 4.79 Å². The lowest BCUT2D eigenvalue weighted by Crippen LogP contribution is -2.56. The summed E-state index contributed by atoms with van der Waals surface area (Å²) >= 11 is 0. The molecule has 1 N–H and O–H groups in total. The Labute approximate surface area is 167 Å². The molecule has 0 aliphatic carbocycles. The highest BCUT2D eigenvalue weighted by atomic mass is 16.1. The maximum absolute atomic E-state index is 12.0. The fourth-order valence-electron chi connectivity index (χ4n) is 4.23. The molecule has 142 valence electrons. The first-order chi connectivity index (χ1) is 13.7. The zero-order valence-corrected chi connectivity index (χ0v) is 16.2. The molecule has 0 bridgehead atoms. The average Bonchev–Trinajstić information content (AvgIpc) is 2.72. The number of hydrogen-bond donors (Lipinski definition) is 1. The second kappa shape index (κ2) is 8.41. The van der Waals surface area contributed by atoms with E-state index >= 15 is 0 Å². The van der Waals surface area contributed by atoms with E-state index in [1.807, 2.05) is 18.2 Å². The summed E-state index contributed by atoms with van der Waals surface area (Å²) in [5.41, 5.74) is 3.73. The van der Waals surface area contributed by atoms with Crippen molar-refractivity contribution >= 4 is 5.91 Å². The molecule has 0 spiro atoms. The predicted molar refractivity (Wildman–Crippen MR) is 113 cm³/mol. The van der Waals surface area contributed by atoms with Gasteiger partial charge in [0.15, 0.2) is 0 Å². The van der Waals surface area contributed by atoms with E-state index in [4.69, 9.17) is 0 Å². The number of amides is 1. The summed E-state index contributed by atoms with van der Waals surface area (Å²) in [6.45, 7) is 2.62. The van der Waals surface area contributed by atoms with Crippen molar-refractivity contribution in [3.8, 4) is 0 Å². The van der Waals surface area contributed by atoms with Crippen molar-refractivity contribution in [1.82, 2.24) is 10.2 Å². The van der Waals surface area contributed by atoms with E-state index in [1.165, 1.54) is 11.1 Å². The summed E-state index contributed by atoms with van der Waals surface area (Å²) < 4.78 is 0. The van der Waals surface area contributed by atoms with Crippen LogP contribution in [0.25, 0.3) is 0 Å². The van der Waals surface area contributed by atoms with Crippen LogP contribution in [0.5, 0.6) is 0 Å². The van der Waals surface area contributed by atoms with Gasteiger partial charge in [-0.2, -0.15) is 0 Å². The fraction of sp³-hybridized carbons (Fsp3) is 0.240. The standard InChI is InChI=1S/C25H26N2O/c1-19(28)26-24(20-11-5-2-6-12-20)23-17-18-27(23)25(21-13-7-3-8-14-21)22-15-9-4-10-16-22/h2-16,23-25H,17-18H2,1H3,(H,26,28). The Morgan fingerprint density at radius 2 is 1.29 bits per heavy atom.